The molecule has 2 saturated carbocycles. The number of cyclic esters (lactones) is 1. The molecule has 2 amide bonds. The lowest BCUT2D eigenvalue weighted by Gasteiger charge is -2.54. The molecule has 0 aromatic heterocycles. The van der Waals surface area contributed by atoms with Crippen LogP contribution in [0.15, 0.2) is 18.2 Å². The number of piperidine rings is 1. The molecule has 1 N–H and O–H groups in total. The first-order valence-electron chi connectivity index (χ1n) is 10.7. The first-order valence-corrected chi connectivity index (χ1v) is 10.7. The lowest BCUT2D eigenvalue weighted by molar-refractivity contribution is -0.144. The number of rotatable bonds is 2. The van der Waals surface area contributed by atoms with Crippen molar-refractivity contribution in [2.75, 3.05) is 19.7 Å². The topological polar surface area (TPSA) is 58.6 Å². The van der Waals surface area contributed by atoms with Gasteiger partial charge >= 0.3 is 6.09 Å². The van der Waals surface area contributed by atoms with Crippen LogP contribution in [0, 0.1) is 25.2 Å². The Morgan fingerprint density at radius 3 is 2.50 bits per heavy atom. The minimum Gasteiger partial charge on any atom is -0.447 e. The van der Waals surface area contributed by atoms with Gasteiger partial charge in [-0.2, -0.15) is 0 Å². The third kappa shape index (κ3) is 2.82. The van der Waals surface area contributed by atoms with Crippen molar-refractivity contribution in [1.29, 1.82) is 0 Å². The molecule has 150 valence electrons. The number of hydrogen-bond acceptors (Lipinski definition) is 3. The van der Waals surface area contributed by atoms with Gasteiger partial charge < -0.3 is 15.0 Å². The zero-order valence-corrected chi connectivity index (χ0v) is 16.9. The number of nitrogens with zero attached hydrogens (tertiary/aromatic N) is 1. The molecule has 2 heterocycles. The molecular weight excluding hydrogens is 352 g/mol. The lowest BCUT2D eigenvalue weighted by Crippen LogP contribution is -2.59. The molecule has 4 aliphatic rings. The van der Waals surface area contributed by atoms with Gasteiger partial charge in [0.2, 0.25) is 5.91 Å². The minimum atomic E-state index is -0.339. The number of nitrogens with one attached hydrogen (secondary N) is 1. The van der Waals surface area contributed by atoms with Gasteiger partial charge in [0.1, 0.15) is 6.61 Å². The van der Waals surface area contributed by atoms with Gasteiger partial charge in [-0.25, -0.2) is 4.79 Å². The highest BCUT2D eigenvalue weighted by Gasteiger charge is 2.54. The van der Waals surface area contributed by atoms with Crippen LogP contribution in [0.5, 0.6) is 0 Å². The number of benzene rings is 1. The van der Waals surface area contributed by atoms with E-state index in [1.165, 1.54) is 29.5 Å². The molecule has 1 aromatic carbocycles. The van der Waals surface area contributed by atoms with E-state index in [0.717, 1.165) is 38.8 Å². The number of alkyl carbamates (subject to hydrolysis) is 1. The smallest absolute Gasteiger partial charge is 0.407 e. The van der Waals surface area contributed by atoms with Gasteiger partial charge in [0, 0.05) is 19.0 Å². The lowest BCUT2D eigenvalue weighted by atomic mass is 9.55. The zero-order chi connectivity index (χ0) is 19.5. The zero-order valence-electron chi connectivity index (χ0n) is 16.9. The van der Waals surface area contributed by atoms with E-state index >= 15 is 0 Å². The fourth-order valence-corrected chi connectivity index (χ4v) is 6.06. The Morgan fingerprint density at radius 2 is 1.86 bits per heavy atom. The number of carbonyl (C=O) groups is 2. The van der Waals surface area contributed by atoms with E-state index < -0.39 is 0 Å². The van der Waals surface area contributed by atoms with Crippen molar-refractivity contribution in [2.45, 2.75) is 63.8 Å². The van der Waals surface area contributed by atoms with Gasteiger partial charge in [-0.3, -0.25) is 4.79 Å². The Bertz CT molecular complexity index is 811. The minimum absolute atomic E-state index is 0.0557. The van der Waals surface area contributed by atoms with Crippen LogP contribution in [0.25, 0.3) is 0 Å². The Labute approximate surface area is 166 Å². The maximum Gasteiger partial charge on any atom is 0.407 e. The summed E-state index contributed by atoms with van der Waals surface area (Å²) >= 11 is 0. The van der Waals surface area contributed by atoms with Crippen molar-refractivity contribution >= 4 is 12.0 Å². The Kier molecular flexibility index (Phi) is 4.01. The van der Waals surface area contributed by atoms with Gasteiger partial charge in [0.05, 0.1) is 5.54 Å². The van der Waals surface area contributed by atoms with Crippen LogP contribution in [0.1, 0.15) is 61.1 Å². The second-order valence-corrected chi connectivity index (χ2v) is 9.81. The van der Waals surface area contributed by atoms with Gasteiger partial charge in [-0.05, 0) is 80.4 Å². The second-order valence-electron chi connectivity index (χ2n) is 9.81. The third-order valence-electron chi connectivity index (χ3n) is 8.05. The second kappa shape index (κ2) is 6.23. The van der Waals surface area contributed by atoms with Crippen LogP contribution >= 0.6 is 0 Å². The van der Waals surface area contributed by atoms with E-state index in [0.29, 0.717) is 17.9 Å². The highest BCUT2D eigenvalue weighted by molar-refractivity contribution is 5.81. The number of hydrogen-bond donors (Lipinski definition) is 1. The molecule has 5 nitrogen and oxygen atoms in total. The highest BCUT2D eigenvalue weighted by Crippen LogP contribution is 2.57. The van der Waals surface area contributed by atoms with Crippen molar-refractivity contribution in [2.24, 2.45) is 11.3 Å². The molecule has 2 aliphatic carbocycles. The van der Waals surface area contributed by atoms with Crippen molar-refractivity contribution in [3.63, 3.8) is 0 Å². The first-order chi connectivity index (χ1) is 13.4. The highest BCUT2D eigenvalue weighted by atomic mass is 16.6. The fraction of sp³-hybridized carbons (Fsp3) is 0.652. The van der Waals surface area contributed by atoms with E-state index in [2.05, 4.69) is 42.3 Å². The van der Waals surface area contributed by atoms with E-state index in [1.54, 1.807) is 0 Å². The average molecular weight is 383 g/mol. The summed E-state index contributed by atoms with van der Waals surface area (Å²) in [4.78, 5) is 26.2. The number of amides is 2. The van der Waals surface area contributed by atoms with Crippen LogP contribution < -0.4 is 5.32 Å². The number of aryl methyl sites for hydroxylation is 1. The maximum atomic E-state index is 12.9. The molecule has 28 heavy (non-hydrogen) atoms. The number of ether oxygens (including phenoxy) is 1. The van der Waals surface area contributed by atoms with Gasteiger partial charge in [0.15, 0.2) is 0 Å². The number of carbonyl (C=O) groups excluding carboxylic acids is 2. The third-order valence-corrected chi connectivity index (χ3v) is 8.05. The Morgan fingerprint density at radius 1 is 1.14 bits per heavy atom. The molecule has 4 fully saturated rings. The van der Waals surface area contributed by atoms with E-state index in [1.807, 2.05) is 0 Å². The van der Waals surface area contributed by atoms with Crippen molar-refractivity contribution in [3.8, 4) is 0 Å². The Hall–Kier alpha value is -2.04. The molecule has 2 saturated heterocycles. The first kappa shape index (κ1) is 18.0. The van der Waals surface area contributed by atoms with Crippen LogP contribution in [0.2, 0.25) is 0 Å². The summed E-state index contributed by atoms with van der Waals surface area (Å²) in [5, 5.41) is 2.88. The van der Waals surface area contributed by atoms with Gasteiger partial charge in [0.25, 0.3) is 0 Å². The molecule has 1 aromatic rings. The van der Waals surface area contributed by atoms with Crippen LogP contribution in [-0.2, 0) is 9.53 Å². The van der Waals surface area contributed by atoms with Crippen molar-refractivity contribution < 1.29 is 14.3 Å². The van der Waals surface area contributed by atoms with Gasteiger partial charge in [-0.1, -0.05) is 18.2 Å². The predicted molar refractivity (Wildman–Crippen MR) is 106 cm³/mol. The van der Waals surface area contributed by atoms with Gasteiger partial charge in [-0.15, -0.1) is 0 Å². The van der Waals surface area contributed by atoms with Crippen molar-refractivity contribution in [1.82, 2.24) is 10.2 Å². The van der Waals surface area contributed by atoms with E-state index in [4.69, 9.17) is 4.74 Å². The van der Waals surface area contributed by atoms with E-state index in [-0.39, 0.29) is 23.5 Å². The summed E-state index contributed by atoms with van der Waals surface area (Å²) in [5.74, 6) is 1.03. The SMILES string of the molecule is Cc1cccc(C2CC3(CCN(C(=O)C4CC5(COC(=O)N5)C4)CC3)C2)c1C. The molecule has 0 bridgehead atoms. The fourth-order valence-electron chi connectivity index (χ4n) is 6.06. The summed E-state index contributed by atoms with van der Waals surface area (Å²) in [6, 6.07) is 6.69. The molecular formula is C23H30N2O3. The predicted octanol–water partition coefficient (Wildman–Crippen LogP) is 3.68. The van der Waals surface area contributed by atoms with E-state index in [9.17, 15) is 9.59 Å². The van der Waals surface area contributed by atoms with Crippen LogP contribution in [-0.4, -0.2) is 42.1 Å². The summed E-state index contributed by atoms with van der Waals surface area (Å²) < 4.78 is 5.02. The Balaban J connectivity index is 1.13. The molecule has 5 rings (SSSR count). The maximum absolute atomic E-state index is 12.9. The standard InChI is InChI=1S/C23H30N2O3/c1-15-4-3-5-19(16(15)2)17-10-22(11-17)6-8-25(9-7-22)20(26)18-12-23(13-18)14-28-21(27)24-23/h3-5,17-18H,6-14H2,1-2H3,(H,24,27). The summed E-state index contributed by atoms with van der Waals surface area (Å²) in [5.41, 5.74) is 4.56. The molecule has 5 heteroatoms. The molecule has 0 atom stereocenters. The normalized spacial score (nSPS) is 27.9. The van der Waals surface area contributed by atoms with Crippen molar-refractivity contribution in [3.05, 3.63) is 34.9 Å². The van der Waals surface area contributed by atoms with Crippen LogP contribution in [0.4, 0.5) is 4.79 Å². The largest absolute Gasteiger partial charge is 0.447 e. The monoisotopic (exact) mass is 382 g/mol. The quantitative estimate of drug-likeness (QED) is 0.849. The number of likely N-dealkylation sites (tertiary alicyclic amines) is 1. The summed E-state index contributed by atoms with van der Waals surface area (Å²) in [6.45, 7) is 6.65. The summed E-state index contributed by atoms with van der Waals surface area (Å²) in [6.07, 6.45) is 5.94. The molecule has 0 radical (unpaired) electrons. The summed E-state index contributed by atoms with van der Waals surface area (Å²) in [7, 11) is 0. The molecule has 2 spiro atoms. The molecule has 0 unspecified atom stereocenters. The molecule has 2 aliphatic heterocycles. The van der Waals surface area contributed by atoms with Crippen LogP contribution in [0.3, 0.4) is 0 Å². The average Bonchev–Trinajstić information content (AvgIpc) is 3.03.